The second kappa shape index (κ2) is 16.0. The number of aryl methyl sites for hydroxylation is 1. The summed E-state index contributed by atoms with van der Waals surface area (Å²) in [6.07, 6.45) is -2.34. The summed E-state index contributed by atoms with van der Waals surface area (Å²) in [6.45, 7) is 19.3. The van der Waals surface area contributed by atoms with Crippen molar-refractivity contribution in [3.05, 3.63) is 17.5 Å². The number of cyclic esters (lactones) is 1. The molecule has 0 spiro atoms. The van der Waals surface area contributed by atoms with Gasteiger partial charge in [-0.2, -0.15) is 0 Å². The first kappa shape index (κ1) is 41.4. The number of hydrogen-bond acceptors (Lipinski definition) is 12. The predicted octanol–water partition coefficient (Wildman–Crippen LogP) is 4.86. The van der Waals surface area contributed by atoms with Gasteiger partial charge in [0.25, 0.3) is 0 Å². The van der Waals surface area contributed by atoms with Crippen molar-refractivity contribution >= 4 is 23.6 Å². The lowest BCUT2D eigenvalue weighted by Gasteiger charge is -2.48. The molecule has 4 rings (SSSR count). The molecule has 1 aromatic heterocycles. The molecule has 0 aromatic carbocycles. The number of nitrogens with one attached hydrogen (secondary N) is 1. The number of fused-ring (bicyclic) bond motifs is 1. The molecule has 1 aromatic rings. The quantitative estimate of drug-likeness (QED) is 0.242. The first-order chi connectivity index (χ1) is 24.2. The Hall–Kier alpha value is -3.31. The van der Waals surface area contributed by atoms with Crippen LogP contribution >= 0.6 is 0 Å². The molecule has 3 aliphatic heterocycles. The topological polar surface area (TPSA) is 156 Å². The van der Waals surface area contributed by atoms with E-state index in [0.29, 0.717) is 11.5 Å². The van der Waals surface area contributed by atoms with E-state index in [0.717, 1.165) is 6.42 Å². The Labute approximate surface area is 308 Å². The van der Waals surface area contributed by atoms with Gasteiger partial charge in [0, 0.05) is 35.8 Å². The van der Waals surface area contributed by atoms with Crippen LogP contribution in [0.4, 0.5) is 4.79 Å². The van der Waals surface area contributed by atoms with Crippen molar-refractivity contribution in [3.8, 4) is 11.8 Å². The number of ketones is 2. The molecule has 3 fully saturated rings. The highest BCUT2D eigenvalue weighted by molar-refractivity contribution is 6.04. The van der Waals surface area contributed by atoms with Crippen molar-refractivity contribution < 1.29 is 47.4 Å². The van der Waals surface area contributed by atoms with Crippen LogP contribution < -0.4 is 5.32 Å². The van der Waals surface area contributed by atoms with Crippen molar-refractivity contribution in [2.45, 2.75) is 143 Å². The Balaban J connectivity index is 1.84. The Morgan fingerprint density at radius 3 is 2.31 bits per heavy atom. The molecule has 0 radical (unpaired) electrons. The van der Waals surface area contributed by atoms with E-state index in [1.165, 1.54) is 13.8 Å². The number of ether oxygens (including phenoxy) is 5. The minimum Gasteiger partial charge on any atom is -0.457 e. The normalized spacial score (nSPS) is 38.7. The summed E-state index contributed by atoms with van der Waals surface area (Å²) >= 11 is 0. The van der Waals surface area contributed by atoms with Crippen molar-refractivity contribution in [3.63, 3.8) is 0 Å². The van der Waals surface area contributed by atoms with Gasteiger partial charge in [0.1, 0.15) is 23.9 Å². The first-order valence-corrected chi connectivity index (χ1v) is 18.5. The number of aromatic nitrogens is 1. The summed E-state index contributed by atoms with van der Waals surface area (Å²) in [5.41, 5.74) is -3.65. The van der Waals surface area contributed by atoms with E-state index in [-0.39, 0.29) is 43.3 Å². The summed E-state index contributed by atoms with van der Waals surface area (Å²) < 4.78 is 37.1. The lowest BCUT2D eigenvalue weighted by molar-refractivity contribution is -0.282. The molecule has 52 heavy (non-hydrogen) atoms. The molecule has 0 saturated carbocycles. The SMILES string of the molecule is CC[C@H]1OC(=O)C(C)(C)C(=O)[C@H](C)[C@@H](O[C@@H]2O[C@H](C)C[C@H](N(C)C)[C@H]2C)[C@@](C)(OCC#Cc2cc(C)no2)C[C@@H](C)C(=O)[C@H](C)[C@H]2NC(=O)O[C@@]21C. The second-order valence-corrected chi connectivity index (χ2v) is 16.3. The first-order valence-electron chi connectivity index (χ1n) is 18.5. The summed E-state index contributed by atoms with van der Waals surface area (Å²) in [5.74, 6) is 2.45. The van der Waals surface area contributed by atoms with Gasteiger partial charge in [0.2, 0.25) is 5.76 Å². The van der Waals surface area contributed by atoms with Gasteiger partial charge in [-0.15, -0.1) is 0 Å². The zero-order valence-corrected chi connectivity index (χ0v) is 33.2. The van der Waals surface area contributed by atoms with Crippen molar-refractivity contribution in [2.24, 2.45) is 29.1 Å². The van der Waals surface area contributed by atoms with E-state index in [2.05, 4.69) is 34.1 Å². The van der Waals surface area contributed by atoms with Gasteiger partial charge in [0.05, 0.1) is 29.5 Å². The molecule has 0 bridgehead atoms. The molecule has 1 amide bonds. The highest BCUT2D eigenvalue weighted by atomic mass is 16.7. The van der Waals surface area contributed by atoms with Gasteiger partial charge >= 0.3 is 12.1 Å². The molecule has 1 N–H and O–H groups in total. The standard InChI is InChI=1S/C39H59N3O10/c1-14-29-39(11)31(40-36(46)51-39)25(6)30(43)21(2)20-38(10,47-17-15-16-27-18-22(3)41-52-27)33(26(7)32(44)37(8,9)35(45)49-29)50-34-24(5)28(42(12)13)19-23(4)48-34/h18,21,23-26,28-29,31,33-34H,14,17,19-20H2,1-13H3,(H,40,46)/t21-,23-,24-,25+,26+,28+,29-,31-,33-,34+,38+,39-/m1/s1. The number of Topliss-reactive ketones (excluding diaryl/α,β-unsaturated/α-hetero) is 2. The van der Waals surface area contributed by atoms with Crippen LogP contribution in [0.5, 0.6) is 0 Å². The summed E-state index contributed by atoms with van der Waals surface area (Å²) in [5, 5.41) is 6.69. The number of hydrogen-bond donors (Lipinski definition) is 1. The Kier molecular flexibility index (Phi) is 12.7. The monoisotopic (exact) mass is 729 g/mol. The van der Waals surface area contributed by atoms with Gasteiger partial charge in [-0.05, 0) is 80.8 Å². The van der Waals surface area contributed by atoms with Crippen LogP contribution in [-0.4, -0.2) is 102 Å². The molecule has 3 saturated heterocycles. The zero-order chi connectivity index (χ0) is 38.9. The van der Waals surface area contributed by atoms with E-state index in [1.807, 2.05) is 27.9 Å². The number of esters is 1. The number of rotatable bonds is 6. The average Bonchev–Trinajstić information content (AvgIpc) is 3.64. The van der Waals surface area contributed by atoms with E-state index >= 15 is 0 Å². The van der Waals surface area contributed by atoms with Crippen LogP contribution in [0.25, 0.3) is 0 Å². The maximum atomic E-state index is 14.7. The largest absolute Gasteiger partial charge is 0.457 e. The van der Waals surface area contributed by atoms with Crippen LogP contribution in [0, 0.1) is 47.9 Å². The average molecular weight is 730 g/mol. The van der Waals surface area contributed by atoms with Crippen LogP contribution in [0.3, 0.4) is 0 Å². The number of amides is 1. The lowest BCUT2D eigenvalue weighted by Crippen LogP contribution is -2.60. The van der Waals surface area contributed by atoms with Crippen molar-refractivity contribution in [1.82, 2.24) is 15.4 Å². The van der Waals surface area contributed by atoms with Gasteiger partial charge in [-0.3, -0.25) is 14.4 Å². The smallest absolute Gasteiger partial charge is 0.408 e. The fourth-order valence-electron chi connectivity index (χ4n) is 8.38. The zero-order valence-electron chi connectivity index (χ0n) is 33.2. The maximum Gasteiger partial charge on any atom is 0.408 e. The summed E-state index contributed by atoms with van der Waals surface area (Å²) in [4.78, 5) is 58.0. The minimum absolute atomic E-state index is 0.0977. The second-order valence-electron chi connectivity index (χ2n) is 16.3. The molecule has 4 heterocycles. The number of nitrogens with zero attached hydrogens (tertiary/aromatic N) is 2. The molecule has 290 valence electrons. The highest BCUT2D eigenvalue weighted by Gasteiger charge is 2.58. The fraction of sp³-hybridized carbons (Fsp3) is 0.769. The minimum atomic E-state index is -1.64. The maximum absolute atomic E-state index is 14.7. The lowest BCUT2D eigenvalue weighted by atomic mass is 9.71. The summed E-state index contributed by atoms with van der Waals surface area (Å²) in [7, 11) is 4.03. The van der Waals surface area contributed by atoms with Crippen LogP contribution in [0.1, 0.15) is 100.0 Å². The van der Waals surface area contributed by atoms with Gasteiger partial charge in [0.15, 0.2) is 17.7 Å². The predicted molar refractivity (Wildman–Crippen MR) is 191 cm³/mol. The third kappa shape index (κ3) is 8.40. The van der Waals surface area contributed by atoms with E-state index < -0.39 is 76.8 Å². The Morgan fingerprint density at radius 2 is 1.71 bits per heavy atom. The third-order valence-corrected chi connectivity index (χ3v) is 11.4. The molecule has 13 nitrogen and oxygen atoms in total. The third-order valence-electron chi connectivity index (χ3n) is 11.4. The highest BCUT2D eigenvalue weighted by Crippen LogP contribution is 2.42. The molecule has 13 heteroatoms. The Bertz CT molecular complexity index is 1550. The fourth-order valence-corrected chi connectivity index (χ4v) is 8.38. The van der Waals surface area contributed by atoms with Crippen molar-refractivity contribution in [2.75, 3.05) is 20.7 Å². The molecule has 3 aliphatic rings. The summed E-state index contributed by atoms with van der Waals surface area (Å²) in [6, 6.07) is 1.02. The molecular formula is C39H59N3O10. The van der Waals surface area contributed by atoms with E-state index in [9.17, 15) is 19.2 Å². The van der Waals surface area contributed by atoms with Gasteiger partial charge < -0.3 is 38.4 Å². The molecule has 0 aliphatic carbocycles. The Morgan fingerprint density at radius 1 is 1.04 bits per heavy atom. The number of carbonyl (C=O) groups excluding carboxylic acids is 4. The van der Waals surface area contributed by atoms with E-state index in [1.54, 1.807) is 47.6 Å². The van der Waals surface area contributed by atoms with Gasteiger partial charge in [-0.1, -0.05) is 45.7 Å². The van der Waals surface area contributed by atoms with Crippen LogP contribution in [0.2, 0.25) is 0 Å². The number of carbonyl (C=O) groups is 4. The van der Waals surface area contributed by atoms with Gasteiger partial charge in [-0.25, -0.2) is 4.79 Å². The van der Waals surface area contributed by atoms with Crippen LogP contribution in [0.15, 0.2) is 10.6 Å². The molecule has 12 atom stereocenters. The molecular weight excluding hydrogens is 670 g/mol. The van der Waals surface area contributed by atoms with Crippen molar-refractivity contribution in [1.29, 1.82) is 0 Å². The van der Waals surface area contributed by atoms with E-state index in [4.69, 9.17) is 28.2 Å². The number of alkyl carbamates (subject to hydrolysis) is 1. The molecule has 0 unspecified atom stereocenters. The van der Waals surface area contributed by atoms with Crippen LogP contribution in [-0.2, 0) is 38.1 Å².